The number of hydrogen-bond acceptors (Lipinski definition) is 4. The van der Waals surface area contributed by atoms with E-state index in [0.717, 1.165) is 10.0 Å². The summed E-state index contributed by atoms with van der Waals surface area (Å²) in [6.45, 7) is 1.88. The number of aryl methyl sites for hydroxylation is 1. The highest BCUT2D eigenvalue weighted by molar-refractivity contribution is 9.10. The van der Waals surface area contributed by atoms with Gasteiger partial charge in [0.05, 0.1) is 18.4 Å². The Kier molecular flexibility index (Phi) is 5.02. The second kappa shape index (κ2) is 7.63. The van der Waals surface area contributed by atoms with Gasteiger partial charge in [0.15, 0.2) is 0 Å². The second-order valence-corrected chi connectivity index (χ2v) is 7.34. The van der Waals surface area contributed by atoms with Gasteiger partial charge < -0.3 is 10.1 Å². The first-order valence-corrected chi connectivity index (χ1v) is 9.52. The summed E-state index contributed by atoms with van der Waals surface area (Å²) < 4.78 is 19.2. The fourth-order valence-corrected chi connectivity index (χ4v) is 3.30. The molecule has 0 aliphatic heterocycles. The molecule has 0 spiro atoms. The lowest BCUT2D eigenvalue weighted by Crippen LogP contribution is -2.14. The van der Waals surface area contributed by atoms with E-state index in [4.69, 9.17) is 4.74 Å². The van der Waals surface area contributed by atoms with Crippen LogP contribution in [0.4, 0.5) is 10.1 Å². The summed E-state index contributed by atoms with van der Waals surface area (Å²) in [6.07, 6.45) is 0. The molecular weight excluding hydrogens is 439 g/mol. The van der Waals surface area contributed by atoms with Crippen LogP contribution in [0, 0.1) is 12.7 Å². The number of rotatable bonds is 4. The van der Waals surface area contributed by atoms with Crippen molar-refractivity contribution in [1.29, 1.82) is 0 Å². The number of anilines is 1. The normalized spacial score (nSPS) is 10.9. The zero-order chi connectivity index (χ0) is 20.5. The van der Waals surface area contributed by atoms with Crippen molar-refractivity contribution in [1.82, 2.24) is 15.0 Å². The average molecular weight is 455 g/mol. The van der Waals surface area contributed by atoms with Gasteiger partial charge in [0.1, 0.15) is 22.6 Å². The Hall–Kier alpha value is -3.26. The number of benzene rings is 3. The summed E-state index contributed by atoms with van der Waals surface area (Å²) in [5.41, 5.74) is 3.80. The topological polar surface area (TPSA) is 69.0 Å². The van der Waals surface area contributed by atoms with E-state index in [1.165, 1.54) is 24.0 Å². The SMILES string of the molecule is COc1ccc(Br)cc1C(=O)Nc1cc2nn(-c3ccc(F)cc3)nc2cc1C. The number of carbonyl (C=O) groups excluding carboxylic acids is 1. The predicted molar refractivity (Wildman–Crippen MR) is 112 cm³/mol. The van der Waals surface area contributed by atoms with E-state index in [0.29, 0.717) is 33.7 Å². The number of nitrogens with one attached hydrogen (secondary N) is 1. The van der Waals surface area contributed by atoms with Gasteiger partial charge in [0.2, 0.25) is 0 Å². The van der Waals surface area contributed by atoms with Gasteiger partial charge in [0, 0.05) is 10.2 Å². The van der Waals surface area contributed by atoms with Gasteiger partial charge in [-0.1, -0.05) is 15.9 Å². The molecule has 8 heteroatoms. The van der Waals surface area contributed by atoms with Crippen molar-refractivity contribution in [2.75, 3.05) is 12.4 Å². The fourth-order valence-electron chi connectivity index (χ4n) is 2.94. The first-order chi connectivity index (χ1) is 13.9. The highest BCUT2D eigenvalue weighted by Gasteiger charge is 2.15. The molecule has 0 atom stereocenters. The number of methoxy groups -OCH3 is 1. The number of amides is 1. The smallest absolute Gasteiger partial charge is 0.259 e. The summed E-state index contributed by atoms with van der Waals surface area (Å²) in [6, 6.07) is 14.7. The molecule has 4 rings (SSSR count). The van der Waals surface area contributed by atoms with Crippen LogP contribution in [-0.4, -0.2) is 28.0 Å². The lowest BCUT2D eigenvalue weighted by molar-refractivity contribution is 0.102. The molecule has 1 N–H and O–H groups in total. The molecule has 0 saturated heterocycles. The van der Waals surface area contributed by atoms with E-state index in [-0.39, 0.29) is 11.7 Å². The van der Waals surface area contributed by atoms with Crippen LogP contribution in [0.25, 0.3) is 16.7 Å². The first-order valence-electron chi connectivity index (χ1n) is 8.73. The maximum Gasteiger partial charge on any atom is 0.259 e. The highest BCUT2D eigenvalue weighted by Crippen LogP contribution is 2.26. The van der Waals surface area contributed by atoms with Gasteiger partial charge in [-0.2, -0.15) is 4.80 Å². The van der Waals surface area contributed by atoms with Crippen LogP contribution in [0.15, 0.2) is 59.1 Å². The third kappa shape index (κ3) is 3.84. The summed E-state index contributed by atoms with van der Waals surface area (Å²) in [7, 11) is 1.52. The lowest BCUT2D eigenvalue weighted by Gasteiger charge is -2.11. The lowest BCUT2D eigenvalue weighted by atomic mass is 10.1. The van der Waals surface area contributed by atoms with E-state index in [1.54, 1.807) is 36.4 Å². The molecule has 1 heterocycles. The van der Waals surface area contributed by atoms with Crippen LogP contribution in [0.5, 0.6) is 5.75 Å². The Morgan fingerprint density at radius 3 is 2.45 bits per heavy atom. The van der Waals surface area contributed by atoms with Gasteiger partial charge >= 0.3 is 0 Å². The van der Waals surface area contributed by atoms with Crippen LogP contribution < -0.4 is 10.1 Å². The molecule has 0 radical (unpaired) electrons. The van der Waals surface area contributed by atoms with Crippen molar-refractivity contribution in [2.45, 2.75) is 6.92 Å². The Morgan fingerprint density at radius 2 is 1.76 bits per heavy atom. The van der Waals surface area contributed by atoms with Gasteiger partial charge in [-0.15, -0.1) is 10.2 Å². The molecule has 29 heavy (non-hydrogen) atoms. The molecule has 3 aromatic carbocycles. The summed E-state index contributed by atoms with van der Waals surface area (Å²) in [5.74, 6) is -0.141. The van der Waals surface area contributed by atoms with Crippen molar-refractivity contribution in [3.63, 3.8) is 0 Å². The van der Waals surface area contributed by atoms with Crippen LogP contribution in [0.1, 0.15) is 15.9 Å². The Balaban J connectivity index is 1.68. The quantitative estimate of drug-likeness (QED) is 0.476. The Morgan fingerprint density at radius 1 is 1.07 bits per heavy atom. The number of ether oxygens (including phenoxy) is 1. The third-order valence-corrected chi connectivity index (χ3v) is 4.93. The molecule has 6 nitrogen and oxygen atoms in total. The van der Waals surface area contributed by atoms with Gasteiger partial charge in [0.25, 0.3) is 5.91 Å². The van der Waals surface area contributed by atoms with Crippen molar-refractivity contribution in [3.8, 4) is 11.4 Å². The first kappa shape index (κ1) is 19.1. The zero-order valence-electron chi connectivity index (χ0n) is 15.6. The standard InChI is InChI=1S/C21H16BrFN4O2/c1-12-9-18-19(26-27(25-18)15-6-4-14(23)5-7-15)11-17(12)24-21(28)16-10-13(22)3-8-20(16)29-2/h3-11H,1-2H3,(H,24,28). The molecule has 0 unspecified atom stereocenters. The van der Waals surface area contributed by atoms with E-state index in [9.17, 15) is 9.18 Å². The predicted octanol–water partition coefficient (Wildman–Crippen LogP) is 4.89. The highest BCUT2D eigenvalue weighted by atomic mass is 79.9. The minimum atomic E-state index is -0.325. The van der Waals surface area contributed by atoms with E-state index < -0.39 is 0 Å². The van der Waals surface area contributed by atoms with Gasteiger partial charge in [-0.05, 0) is 67.1 Å². The molecule has 0 aliphatic carbocycles. The third-order valence-electron chi connectivity index (χ3n) is 4.44. The number of carbonyl (C=O) groups is 1. The minimum absolute atomic E-state index is 0.295. The van der Waals surface area contributed by atoms with Crippen LogP contribution in [0.3, 0.4) is 0 Å². The van der Waals surface area contributed by atoms with Gasteiger partial charge in [-0.25, -0.2) is 4.39 Å². The van der Waals surface area contributed by atoms with Gasteiger partial charge in [-0.3, -0.25) is 4.79 Å². The summed E-state index contributed by atoms with van der Waals surface area (Å²) in [4.78, 5) is 14.2. The monoisotopic (exact) mass is 454 g/mol. The zero-order valence-corrected chi connectivity index (χ0v) is 17.2. The van der Waals surface area contributed by atoms with E-state index >= 15 is 0 Å². The van der Waals surface area contributed by atoms with Crippen LogP contribution in [-0.2, 0) is 0 Å². The molecule has 0 aliphatic rings. The minimum Gasteiger partial charge on any atom is -0.496 e. The van der Waals surface area contributed by atoms with Crippen molar-refractivity contribution >= 4 is 38.6 Å². The Bertz CT molecular complexity index is 1220. The molecule has 1 aromatic heterocycles. The van der Waals surface area contributed by atoms with Crippen molar-refractivity contribution in [2.24, 2.45) is 0 Å². The fraction of sp³-hybridized carbons (Fsp3) is 0.0952. The summed E-state index contributed by atoms with van der Waals surface area (Å²) >= 11 is 3.38. The number of nitrogens with zero attached hydrogens (tertiary/aromatic N) is 3. The molecule has 0 bridgehead atoms. The number of aromatic nitrogens is 3. The van der Waals surface area contributed by atoms with Crippen LogP contribution >= 0.6 is 15.9 Å². The molecule has 0 saturated carbocycles. The number of hydrogen-bond donors (Lipinski definition) is 1. The number of halogens is 2. The van der Waals surface area contributed by atoms with Crippen molar-refractivity contribution in [3.05, 3.63) is 76.0 Å². The second-order valence-electron chi connectivity index (χ2n) is 6.42. The molecule has 146 valence electrons. The average Bonchev–Trinajstić information content (AvgIpc) is 3.11. The maximum absolute atomic E-state index is 13.2. The Labute approximate surface area is 174 Å². The molecule has 1 amide bonds. The maximum atomic E-state index is 13.2. The molecule has 0 fully saturated rings. The molecular formula is C21H16BrFN4O2. The van der Waals surface area contributed by atoms with E-state index in [2.05, 4.69) is 31.4 Å². The summed E-state index contributed by atoms with van der Waals surface area (Å²) in [5, 5.41) is 11.8. The van der Waals surface area contributed by atoms with E-state index in [1.807, 2.05) is 13.0 Å². The largest absolute Gasteiger partial charge is 0.496 e. The molecule has 4 aromatic rings. The number of fused-ring (bicyclic) bond motifs is 1. The van der Waals surface area contributed by atoms with Crippen LogP contribution in [0.2, 0.25) is 0 Å². The van der Waals surface area contributed by atoms with Crippen molar-refractivity contribution < 1.29 is 13.9 Å².